The third kappa shape index (κ3) is 4.50. The molecule has 2 aliphatic rings. The maximum absolute atomic E-state index is 3.42. The van der Waals surface area contributed by atoms with Crippen LogP contribution in [0.25, 0.3) is 0 Å². The van der Waals surface area contributed by atoms with E-state index < -0.39 is 0 Å². The molecule has 2 radical (unpaired) electrons. The van der Waals surface area contributed by atoms with Crippen LogP contribution in [0.4, 0.5) is 11.4 Å². The van der Waals surface area contributed by atoms with E-state index in [0.29, 0.717) is 0 Å². The largest absolute Gasteiger partial charge is 0.354 e. The summed E-state index contributed by atoms with van der Waals surface area (Å²) < 4.78 is 0. The Bertz CT molecular complexity index is 474. The Morgan fingerprint density at radius 1 is 0.667 bits per heavy atom. The summed E-state index contributed by atoms with van der Waals surface area (Å²) in [5.74, 6) is 0. The smallest absolute Gasteiger partial charge is 0.0526 e. The van der Waals surface area contributed by atoms with Crippen molar-refractivity contribution in [3.8, 4) is 0 Å². The Labute approximate surface area is 140 Å². The number of anilines is 2. The third-order valence-corrected chi connectivity index (χ3v) is 4.37. The number of hydrogen-bond donors (Lipinski definition) is 3. The molecule has 0 amide bonds. The molecule has 3 N–H and O–H groups in total. The zero-order chi connectivity index (χ0) is 13.6. The van der Waals surface area contributed by atoms with Crippen LogP contribution in [0.15, 0.2) is 58.3 Å². The van der Waals surface area contributed by atoms with Gasteiger partial charge in [-0.2, -0.15) is 0 Å². The Kier molecular flexibility index (Phi) is 6.61. The molecule has 0 saturated carbocycles. The first kappa shape index (κ1) is 16.4. The van der Waals surface area contributed by atoms with Crippen LogP contribution in [0.5, 0.6) is 0 Å². The van der Waals surface area contributed by atoms with Gasteiger partial charge in [-0.1, -0.05) is 36.0 Å². The fourth-order valence-corrected chi connectivity index (χ4v) is 3.17. The molecule has 0 bridgehead atoms. The molecule has 2 aromatic rings. The van der Waals surface area contributed by atoms with Crippen molar-refractivity contribution in [1.82, 2.24) is 10.6 Å². The van der Waals surface area contributed by atoms with Crippen molar-refractivity contribution in [1.29, 1.82) is 0 Å². The maximum Gasteiger partial charge on any atom is 0.0526 e. The SMILES string of the molecule is C1CNCCN1.[Se].c1ccc2c(c1)Nc1ccccc1S2. The number of hydrogen-bond acceptors (Lipinski definition) is 4. The number of rotatable bonds is 0. The van der Waals surface area contributed by atoms with Crippen LogP contribution in [0, 0.1) is 0 Å². The number of para-hydroxylation sites is 2. The quantitative estimate of drug-likeness (QED) is 0.536. The summed E-state index contributed by atoms with van der Waals surface area (Å²) in [6.45, 7) is 4.56. The summed E-state index contributed by atoms with van der Waals surface area (Å²) in [6, 6.07) is 16.8. The van der Waals surface area contributed by atoms with Gasteiger partial charge in [-0.15, -0.1) is 0 Å². The second-order valence-corrected chi connectivity index (χ2v) is 5.80. The average molecular weight is 364 g/mol. The van der Waals surface area contributed by atoms with Gasteiger partial charge in [-0.05, 0) is 24.3 Å². The van der Waals surface area contributed by atoms with Crippen molar-refractivity contribution in [3.05, 3.63) is 48.5 Å². The van der Waals surface area contributed by atoms with E-state index in [2.05, 4.69) is 64.5 Å². The molecule has 0 spiro atoms. The maximum atomic E-state index is 3.42. The van der Waals surface area contributed by atoms with Gasteiger partial charge in [0, 0.05) is 53.0 Å². The van der Waals surface area contributed by atoms with Gasteiger partial charge in [0.2, 0.25) is 0 Å². The predicted molar refractivity (Wildman–Crippen MR) is 91.8 cm³/mol. The van der Waals surface area contributed by atoms with Crippen molar-refractivity contribution < 1.29 is 0 Å². The van der Waals surface area contributed by atoms with E-state index in [-0.39, 0.29) is 17.1 Å². The predicted octanol–water partition coefficient (Wildman–Crippen LogP) is 2.69. The minimum absolute atomic E-state index is 0. The minimum atomic E-state index is 0. The molecular weight excluding hydrogens is 345 g/mol. The topological polar surface area (TPSA) is 36.1 Å². The van der Waals surface area contributed by atoms with E-state index in [0.717, 1.165) is 26.2 Å². The summed E-state index contributed by atoms with van der Waals surface area (Å²) in [5, 5.41) is 9.86. The monoisotopic (exact) mass is 365 g/mol. The molecule has 2 aliphatic heterocycles. The molecule has 3 nitrogen and oxygen atoms in total. The van der Waals surface area contributed by atoms with Gasteiger partial charge in [0.15, 0.2) is 0 Å². The molecule has 0 aromatic heterocycles. The normalized spacial score (nSPS) is 15.2. The van der Waals surface area contributed by atoms with Crippen LogP contribution in [-0.2, 0) is 0 Å². The standard InChI is InChI=1S/C12H9NS.C4H10N2.Se/c1-3-7-11-9(5-1)13-10-6-2-4-8-12(10)14-11;1-2-6-4-3-5-1;/h1-8,13H;5-6H,1-4H2;. The molecule has 0 aliphatic carbocycles. The molecule has 1 fully saturated rings. The number of fused-ring (bicyclic) bond motifs is 2. The molecule has 0 unspecified atom stereocenters. The van der Waals surface area contributed by atoms with Crippen molar-refractivity contribution in [2.75, 3.05) is 31.5 Å². The Morgan fingerprint density at radius 3 is 1.52 bits per heavy atom. The molecule has 21 heavy (non-hydrogen) atoms. The van der Waals surface area contributed by atoms with Gasteiger partial charge in [-0.3, -0.25) is 0 Å². The van der Waals surface area contributed by atoms with E-state index in [1.165, 1.54) is 21.2 Å². The van der Waals surface area contributed by atoms with Crippen molar-refractivity contribution in [2.45, 2.75) is 9.79 Å². The van der Waals surface area contributed by atoms with Crippen LogP contribution < -0.4 is 16.0 Å². The van der Waals surface area contributed by atoms with Crippen molar-refractivity contribution >= 4 is 40.2 Å². The van der Waals surface area contributed by atoms with Gasteiger partial charge < -0.3 is 16.0 Å². The van der Waals surface area contributed by atoms with Crippen LogP contribution >= 0.6 is 11.8 Å². The van der Waals surface area contributed by atoms with Crippen molar-refractivity contribution in [3.63, 3.8) is 0 Å². The molecule has 1 saturated heterocycles. The minimum Gasteiger partial charge on any atom is -0.354 e. The first-order valence-electron chi connectivity index (χ1n) is 6.98. The molecule has 2 heterocycles. The Morgan fingerprint density at radius 2 is 1.10 bits per heavy atom. The van der Waals surface area contributed by atoms with Gasteiger partial charge in [-0.25, -0.2) is 0 Å². The summed E-state index contributed by atoms with van der Waals surface area (Å²) in [4.78, 5) is 2.59. The average Bonchev–Trinajstić information content (AvgIpc) is 2.55. The first-order valence-corrected chi connectivity index (χ1v) is 7.79. The van der Waals surface area contributed by atoms with Gasteiger partial charge in [0.1, 0.15) is 0 Å². The zero-order valence-electron chi connectivity index (χ0n) is 11.8. The number of benzene rings is 2. The number of nitrogens with one attached hydrogen (secondary N) is 3. The summed E-state index contributed by atoms with van der Waals surface area (Å²) in [7, 11) is 0. The van der Waals surface area contributed by atoms with Gasteiger partial charge >= 0.3 is 0 Å². The van der Waals surface area contributed by atoms with E-state index in [1.807, 2.05) is 11.8 Å². The molecule has 5 heteroatoms. The van der Waals surface area contributed by atoms with E-state index in [9.17, 15) is 0 Å². The Hall–Kier alpha value is -0.971. The van der Waals surface area contributed by atoms with Crippen molar-refractivity contribution in [2.24, 2.45) is 0 Å². The van der Waals surface area contributed by atoms with E-state index in [4.69, 9.17) is 0 Å². The zero-order valence-corrected chi connectivity index (χ0v) is 14.3. The first-order chi connectivity index (χ1) is 9.93. The molecule has 4 rings (SSSR count). The molecule has 2 aromatic carbocycles. The molecular formula is C16H19N3SSe. The Balaban J connectivity index is 0.000000197. The van der Waals surface area contributed by atoms with Crippen LogP contribution in [-0.4, -0.2) is 43.2 Å². The fourth-order valence-electron chi connectivity index (χ4n) is 2.18. The van der Waals surface area contributed by atoms with Crippen LogP contribution in [0.3, 0.4) is 0 Å². The second kappa shape index (κ2) is 8.47. The van der Waals surface area contributed by atoms with Crippen LogP contribution in [0.1, 0.15) is 0 Å². The van der Waals surface area contributed by atoms with E-state index in [1.54, 1.807) is 0 Å². The van der Waals surface area contributed by atoms with E-state index >= 15 is 0 Å². The van der Waals surface area contributed by atoms with Gasteiger partial charge in [0.05, 0.1) is 11.4 Å². The summed E-state index contributed by atoms with van der Waals surface area (Å²) in [6.07, 6.45) is 0. The van der Waals surface area contributed by atoms with Crippen LogP contribution in [0.2, 0.25) is 0 Å². The van der Waals surface area contributed by atoms with Gasteiger partial charge in [0.25, 0.3) is 0 Å². The second-order valence-electron chi connectivity index (χ2n) is 4.72. The fraction of sp³-hybridized carbons (Fsp3) is 0.250. The summed E-state index contributed by atoms with van der Waals surface area (Å²) >= 11 is 1.82. The third-order valence-electron chi connectivity index (χ3n) is 3.22. The molecule has 110 valence electrons. The number of piperazine rings is 1. The summed E-state index contributed by atoms with van der Waals surface area (Å²) in [5.41, 5.74) is 2.41. The molecule has 0 atom stereocenters.